The van der Waals surface area contributed by atoms with Crippen LogP contribution in [0.3, 0.4) is 0 Å². The van der Waals surface area contributed by atoms with Crippen molar-refractivity contribution in [2.75, 3.05) is 13.7 Å². The highest BCUT2D eigenvalue weighted by molar-refractivity contribution is 7.89. The molecule has 0 radical (unpaired) electrons. The van der Waals surface area contributed by atoms with E-state index < -0.39 is 22.0 Å². The predicted octanol–water partition coefficient (Wildman–Crippen LogP) is 0.936. The molecule has 23 heavy (non-hydrogen) atoms. The fourth-order valence-corrected chi connectivity index (χ4v) is 2.97. The minimum Gasteiger partial charge on any atom is -0.495 e. The number of ether oxygens (including phenoxy) is 1. The highest BCUT2D eigenvalue weighted by Crippen LogP contribution is 2.25. The van der Waals surface area contributed by atoms with E-state index >= 15 is 0 Å². The van der Waals surface area contributed by atoms with E-state index in [1.54, 1.807) is 0 Å². The minimum absolute atomic E-state index is 0.0347. The van der Waals surface area contributed by atoms with E-state index in [0.29, 0.717) is 5.56 Å². The van der Waals surface area contributed by atoms with Gasteiger partial charge in [0.25, 0.3) is 0 Å². The van der Waals surface area contributed by atoms with Crippen LogP contribution in [0.5, 0.6) is 5.75 Å². The summed E-state index contributed by atoms with van der Waals surface area (Å²) in [5.41, 5.74) is 0.374. The van der Waals surface area contributed by atoms with Crippen molar-refractivity contribution in [2.24, 2.45) is 0 Å². The van der Waals surface area contributed by atoms with Crippen LogP contribution in [0.25, 0.3) is 6.08 Å². The third-order valence-corrected chi connectivity index (χ3v) is 4.24. The molecular formula is C14H17NO7S. The number of sulfonamides is 1. The second-order valence-corrected chi connectivity index (χ2v) is 6.21. The van der Waals surface area contributed by atoms with E-state index in [1.165, 1.54) is 31.4 Å². The molecule has 9 heteroatoms. The van der Waals surface area contributed by atoms with Crippen LogP contribution < -0.4 is 9.46 Å². The van der Waals surface area contributed by atoms with Crippen LogP contribution in [0, 0.1) is 0 Å². The largest absolute Gasteiger partial charge is 0.495 e. The molecule has 0 heterocycles. The van der Waals surface area contributed by atoms with Crippen LogP contribution in [0.2, 0.25) is 0 Å². The molecule has 0 fully saturated rings. The van der Waals surface area contributed by atoms with Gasteiger partial charge in [-0.1, -0.05) is 6.07 Å². The second kappa shape index (κ2) is 8.30. The zero-order valence-corrected chi connectivity index (χ0v) is 13.2. The monoisotopic (exact) mass is 343 g/mol. The molecule has 0 spiro atoms. The van der Waals surface area contributed by atoms with Crippen LogP contribution in [0.1, 0.15) is 18.4 Å². The summed E-state index contributed by atoms with van der Waals surface area (Å²) in [6, 6.07) is 4.20. The number of benzene rings is 1. The quantitative estimate of drug-likeness (QED) is 0.449. The summed E-state index contributed by atoms with van der Waals surface area (Å²) >= 11 is 0. The smallest absolute Gasteiger partial charge is 0.328 e. The Hall–Kier alpha value is -2.39. The van der Waals surface area contributed by atoms with Crippen LogP contribution in [0.4, 0.5) is 0 Å². The van der Waals surface area contributed by atoms with Gasteiger partial charge in [-0.25, -0.2) is 17.9 Å². The number of carboxylic acids is 2. The fraction of sp³-hybridized carbons (Fsp3) is 0.286. The SMILES string of the molecule is COc1ccc(C=CC(=O)O)cc1S(=O)(=O)NCCCC(=O)O. The topological polar surface area (TPSA) is 130 Å². The molecule has 1 aromatic carbocycles. The van der Waals surface area contributed by atoms with Gasteiger partial charge in [-0.2, -0.15) is 0 Å². The lowest BCUT2D eigenvalue weighted by Gasteiger charge is -2.11. The zero-order chi connectivity index (χ0) is 17.5. The Balaban J connectivity index is 3.00. The first-order valence-corrected chi connectivity index (χ1v) is 8.05. The molecule has 0 saturated heterocycles. The Labute approximate surface area is 133 Å². The van der Waals surface area contributed by atoms with Gasteiger partial charge in [0.2, 0.25) is 10.0 Å². The first kappa shape index (κ1) is 18.7. The molecule has 126 valence electrons. The molecule has 0 aromatic heterocycles. The standard InChI is InChI=1S/C14H17NO7S/c1-22-11-6-4-10(5-7-14(18)19)9-12(11)23(20,21)15-8-2-3-13(16)17/h4-7,9,15H,2-3,8H2,1H3,(H,16,17)(H,18,19). The van der Waals surface area contributed by atoms with Crippen molar-refractivity contribution in [3.05, 3.63) is 29.8 Å². The highest BCUT2D eigenvalue weighted by Gasteiger charge is 2.19. The molecule has 1 rings (SSSR count). The molecule has 0 amide bonds. The van der Waals surface area contributed by atoms with Crippen molar-refractivity contribution in [2.45, 2.75) is 17.7 Å². The molecule has 0 unspecified atom stereocenters. The van der Waals surface area contributed by atoms with Gasteiger partial charge in [-0.15, -0.1) is 0 Å². The van der Waals surface area contributed by atoms with Gasteiger partial charge in [0.05, 0.1) is 7.11 Å². The molecule has 1 aromatic rings. The summed E-state index contributed by atoms with van der Waals surface area (Å²) in [6.45, 7) is -0.0347. The number of rotatable bonds is 9. The number of aliphatic carboxylic acids is 2. The molecule has 8 nitrogen and oxygen atoms in total. The van der Waals surface area contributed by atoms with Gasteiger partial charge in [0.15, 0.2) is 0 Å². The minimum atomic E-state index is -3.91. The van der Waals surface area contributed by atoms with E-state index in [0.717, 1.165) is 6.08 Å². The van der Waals surface area contributed by atoms with E-state index in [-0.39, 0.29) is 30.0 Å². The normalized spacial score (nSPS) is 11.5. The number of nitrogens with one attached hydrogen (secondary N) is 1. The third kappa shape index (κ3) is 6.09. The maximum atomic E-state index is 12.3. The van der Waals surface area contributed by atoms with Gasteiger partial charge in [0.1, 0.15) is 10.6 Å². The highest BCUT2D eigenvalue weighted by atomic mass is 32.2. The molecule has 0 bridgehead atoms. The summed E-state index contributed by atoms with van der Waals surface area (Å²) < 4.78 is 31.8. The van der Waals surface area contributed by atoms with E-state index in [4.69, 9.17) is 14.9 Å². The fourth-order valence-electron chi connectivity index (χ4n) is 1.70. The van der Waals surface area contributed by atoms with E-state index in [1.807, 2.05) is 0 Å². The van der Waals surface area contributed by atoms with Crippen molar-refractivity contribution in [3.63, 3.8) is 0 Å². The Morgan fingerprint density at radius 3 is 2.57 bits per heavy atom. The molecular weight excluding hydrogens is 326 g/mol. The molecule has 3 N–H and O–H groups in total. The van der Waals surface area contributed by atoms with Gasteiger partial charge >= 0.3 is 11.9 Å². The van der Waals surface area contributed by atoms with Crippen molar-refractivity contribution in [1.29, 1.82) is 0 Å². The zero-order valence-electron chi connectivity index (χ0n) is 12.4. The van der Waals surface area contributed by atoms with Gasteiger partial charge in [-0.3, -0.25) is 4.79 Å². The summed E-state index contributed by atoms with van der Waals surface area (Å²) in [7, 11) is -2.60. The number of methoxy groups -OCH3 is 1. The Kier molecular flexibility index (Phi) is 6.73. The van der Waals surface area contributed by atoms with Crippen molar-refractivity contribution in [1.82, 2.24) is 4.72 Å². The summed E-state index contributed by atoms with van der Waals surface area (Å²) in [5.74, 6) is -2.07. The van der Waals surface area contributed by atoms with Gasteiger partial charge in [-0.05, 0) is 30.2 Å². The molecule has 0 atom stereocenters. The Morgan fingerprint density at radius 2 is 2.00 bits per heavy atom. The van der Waals surface area contributed by atoms with E-state index in [2.05, 4.69) is 4.72 Å². The molecule has 0 aliphatic heterocycles. The first-order chi connectivity index (χ1) is 10.8. The predicted molar refractivity (Wildman–Crippen MR) is 81.7 cm³/mol. The van der Waals surface area contributed by atoms with Crippen LogP contribution in [-0.4, -0.2) is 44.2 Å². The summed E-state index contributed by atoms with van der Waals surface area (Å²) in [6.07, 6.45) is 2.14. The van der Waals surface area contributed by atoms with Crippen LogP contribution in [0.15, 0.2) is 29.2 Å². The number of hydrogen-bond donors (Lipinski definition) is 3. The van der Waals surface area contributed by atoms with Crippen LogP contribution >= 0.6 is 0 Å². The first-order valence-electron chi connectivity index (χ1n) is 6.57. The average molecular weight is 343 g/mol. The molecule has 0 aliphatic carbocycles. The van der Waals surface area contributed by atoms with Crippen molar-refractivity contribution < 1.29 is 33.0 Å². The summed E-state index contributed by atoms with van der Waals surface area (Å²) in [5, 5.41) is 17.1. The van der Waals surface area contributed by atoms with Crippen molar-refractivity contribution >= 4 is 28.0 Å². The Morgan fingerprint density at radius 1 is 1.30 bits per heavy atom. The summed E-state index contributed by atoms with van der Waals surface area (Å²) in [4.78, 5) is 20.8. The number of carbonyl (C=O) groups is 2. The van der Waals surface area contributed by atoms with Crippen molar-refractivity contribution in [3.8, 4) is 5.75 Å². The number of hydrogen-bond acceptors (Lipinski definition) is 5. The van der Waals surface area contributed by atoms with Gasteiger partial charge in [0, 0.05) is 19.0 Å². The maximum Gasteiger partial charge on any atom is 0.328 e. The average Bonchev–Trinajstić information content (AvgIpc) is 2.49. The lowest BCUT2D eigenvalue weighted by atomic mass is 10.2. The second-order valence-electron chi connectivity index (χ2n) is 4.48. The van der Waals surface area contributed by atoms with Crippen LogP contribution in [-0.2, 0) is 19.6 Å². The Bertz CT molecular complexity index is 710. The lowest BCUT2D eigenvalue weighted by molar-refractivity contribution is -0.137. The third-order valence-electron chi connectivity index (χ3n) is 2.76. The number of carboxylic acid groups (broad SMARTS) is 2. The molecule has 0 aliphatic rings. The maximum absolute atomic E-state index is 12.3. The van der Waals surface area contributed by atoms with Gasteiger partial charge < -0.3 is 14.9 Å². The molecule has 0 saturated carbocycles. The van der Waals surface area contributed by atoms with E-state index in [9.17, 15) is 18.0 Å². The lowest BCUT2D eigenvalue weighted by Crippen LogP contribution is -2.25.